The number of anilines is 1. The Morgan fingerprint density at radius 2 is 2.09 bits per heavy atom. The monoisotopic (exact) mass is 315 g/mol. The smallest absolute Gasteiger partial charge is 0.367 e. The van der Waals surface area contributed by atoms with Crippen LogP contribution < -0.4 is 4.90 Å². The van der Waals surface area contributed by atoms with E-state index in [-0.39, 0.29) is 19.5 Å². The molecule has 3 rings (SSSR count). The van der Waals surface area contributed by atoms with Gasteiger partial charge in [0.15, 0.2) is 22.6 Å². The summed E-state index contributed by atoms with van der Waals surface area (Å²) in [4.78, 5) is 14.1. The molecule has 9 heteroatoms. The molecule has 6 nitrogen and oxygen atoms in total. The molecule has 0 aliphatic carbocycles. The maximum atomic E-state index is 13.3. The molecule has 0 spiro atoms. The van der Waals surface area contributed by atoms with Gasteiger partial charge in [0, 0.05) is 26.6 Å². The first kappa shape index (κ1) is 15.0. The summed E-state index contributed by atoms with van der Waals surface area (Å²) in [5, 5.41) is 0. The minimum Gasteiger partial charge on any atom is -0.367 e. The third kappa shape index (κ3) is 2.11. The van der Waals surface area contributed by atoms with Gasteiger partial charge in [-0.3, -0.25) is 0 Å². The summed E-state index contributed by atoms with van der Waals surface area (Å²) in [7, 11) is 1.10. The van der Waals surface area contributed by atoms with E-state index in [9.17, 15) is 13.2 Å². The van der Waals surface area contributed by atoms with E-state index in [1.54, 1.807) is 11.2 Å². The predicted molar refractivity (Wildman–Crippen MR) is 73.6 cm³/mol. The number of imidazole rings is 1. The second-order valence-electron chi connectivity index (χ2n) is 5.27. The number of aryl methyl sites for hydroxylation is 1. The molecule has 1 saturated heterocycles. The minimum absolute atomic E-state index is 0.132. The lowest BCUT2D eigenvalue weighted by molar-refractivity contribution is -0.260. The number of aromatic nitrogens is 4. The van der Waals surface area contributed by atoms with Gasteiger partial charge in [-0.1, -0.05) is 0 Å². The first-order chi connectivity index (χ1) is 10.4. The number of alkyl halides is 3. The first-order valence-electron chi connectivity index (χ1n) is 6.94. The quantitative estimate of drug-likeness (QED) is 0.867. The van der Waals surface area contributed by atoms with Crippen molar-refractivity contribution in [1.29, 1.82) is 0 Å². The van der Waals surface area contributed by atoms with Crippen LogP contribution in [0.1, 0.15) is 13.3 Å². The first-order valence-corrected chi connectivity index (χ1v) is 6.94. The Morgan fingerprint density at radius 3 is 2.68 bits per heavy atom. The van der Waals surface area contributed by atoms with Crippen LogP contribution in [-0.4, -0.2) is 51.5 Å². The molecule has 1 aliphatic heterocycles. The van der Waals surface area contributed by atoms with E-state index >= 15 is 0 Å². The van der Waals surface area contributed by atoms with Crippen LogP contribution in [0.5, 0.6) is 0 Å². The highest BCUT2D eigenvalue weighted by molar-refractivity contribution is 5.83. The summed E-state index contributed by atoms with van der Waals surface area (Å²) < 4.78 is 46.5. The average Bonchev–Trinajstić information content (AvgIpc) is 3.11. The van der Waals surface area contributed by atoms with Crippen molar-refractivity contribution in [3.63, 3.8) is 0 Å². The highest BCUT2D eigenvalue weighted by Crippen LogP contribution is 2.42. The lowest BCUT2D eigenvalue weighted by atomic mass is 10.0. The van der Waals surface area contributed by atoms with Gasteiger partial charge in [0.2, 0.25) is 0 Å². The predicted octanol–water partition coefficient (Wildman–Crippen LogP) is 2.00. The van der Waals surface area contributed by atoms with Gasteiger partial charge in [-0.2, -0.15) is 13.2 Å². The van der Waals surface area contributed by atoms with Crippen LogP contribution in [0.25, 0.3) is 11.2 Å². The van der Waals surface area contributed by atoms with E-state index < -0.39 is 11.8 Å². The van der Waals surface area contributed by atoms with Crippen molar-refractivity contribution in [2.24, 2.45) is 0 Å². The second kappa shape index (κ2) is 5.08. The largest absolute Gasteiger partial charge is 0.419 e. The normalized spacial score (nSPS) is 22.7. The zero-order chi connectivity index (χ0) is 16.0. The van der Waals surface area contributed by atoms with Crippen LogP contribution in [0.15, 0.2) is 12.7 Å². The van der Waals surface area contributed by atoms with Gasteiger partial charge in [-0.25, -0.2) is 15.0 Å². The molecule has 1 fully saturated rings. The summed E-state index contributed by atoms with van der Waals surface area (Å²) in [6.07, 6.45) is -1.59. The third-order valence-corrected chi connectivity index (χ3v) is 4.16. The van der Waals surface area contributed by atoms with Crippen LogP contribution >= 0.6 is 0 Å². The van der Waals surface area contributed by atoms with Crippen molar-refractivity contribution < 1.29 is 17.9 Å². The van der Waals surface area contributed by atoms with Crippen molar-refractivity contribution >= 4 is 17.0 Å². The van der Waals surface area contributed by atoms with Crippen molar-refractivity contribution in [2.75, 3.05) is 25.1 Å². The summed E-state index contributed by atoms with van der Waals surface area (Å²) in [5.41, 5.74) is -1.02. The number of halogens is 3. The molecule has 22 heavy (non-hydrogen) atoms. The Balaban J connectivity index is 1.98. The standard InChI is InChI=1S/C13H16F3N5O/c1-3-20-8-19-9-10(20)17-7-18-11(9)21-5-4-12(6-21,22-2)13(14,15)16/h7-8H,3-6H2,1-2H3. The van der Waals surface area contributed by atoms with Crippen LogP contribution in [0, 0.1) is 0 Å². The average molecular weight is 315 g/mol. The molecular weight excluding hydrogens is 299 g/mol. The Kier molecular flexibility index (Phi) is 3.47. The molecule has 2 aromatic rings. The zero-order valence-electron chi connectivity index (χ0n) is 12.3. The summed E-state index contributed by atoms with van der Waals surface area (Å²) in [6, 6.07) is 0. The minimum atomic E-state index is -4.43. The van der Waals surface area contributed by atoms with E-state index in [1.807, 2.05) is 11.5 Å². The Morgan fingerprint density at radius 1 is 1.32 bits per heavy atom. The molecule has 120 valence electrons. The lowest BCUT2D eigenvalue weighted by Crippen LogP contribution is -2.49. The van der Waals surface area contributed by atoms with E-state index in [0.29, 0.717) is 23.5 Å². The number of ether oxygens (including phenoxy) is 1. The molecule has 0 radical (unpaired) electrons. The Bertz CT molecular complexity index is 686. The SMILES string of the molecule is CCn1cnc2c(N3CCC(OC)(C(F)(F)F)C3)ncnc21. The molecule has 1 unspecified atom stereocenters. The lowest BCUT2D eigenvalue weighted by Gasteiger charge is -2.30. The number of methoxy groups -OCH3 is 1. The molecule has 0 saturated carbocycles. The van der Waals surface area contributed by atoms with Gasteiger partial charge in [-0.15, -0.1) is 0 Å². The van der Waals surface area contributed by atoms with Gasteiger partial charge in [0.05, 0.1) is 12.9 Å². The highest BCUT2D eigenvalue weighted by atomic mass is 19.4. The molecule has 0 bridgehead atoms. The number of hydrogen-bond acceptors (Lipinski definition) is 5. The molecule has 0 amide bonds. The van der Waals surface area contributed by atoms with E-state index in [1.165, 1.54) is 6.33 Å². The number of hydrogen-bond donors (Lipinski definition) is 0. The fourth-order valence-corrected chi connectivity index (χ4v) is 2.81. The van der Waals surface area contributed by atoms with Crippen molar-refractivity contribution in [3.05, 3.63) is 12.7 Å². The topological polar surface area (TPSA) is 56.1 Å². The molecule has 3 heterocycles. The van der Waals surface area contributed by atoms with Gasteiger partial charge >= 0.3 is 6.18 Å². The fraction of sp³-hybridized carbons (Fsp3) is 0.615. The maximum Gasteiger partial charge on any atom is 0.419 e. The number of rotatable bonds is 3. The molecule has 1 atom stereocenters. The highest BCUT2D eigenvalue weighted by Gasteiger charge is 2.59. The number of nitrogens with zero attached hydrogens (tertiary/aromatic N) is 5. The maximum absolute atomic E-state index is 13.3. The van der Waals surface area contributed by atoms with E-state index in [0.717, 1.165) is 7.11 Å². The molecular formula is C13H16F3N5O. The van der Waals surface area contributed by atoms with Crippen LogP contribution in [-0.2, 0) is 11.3 Å². The van der Waals surface area contributed by atoms with Crippen molar-refractivity contribution in [2.45, 2.75) is 31.7 Å². The Labute approximate surface area is 124 Å². The second-order valence-corrected chi connectivity index (χ2v) is 5.27. The van der Waals surface area contributed by atoms with E-state index in [4.69, 9.17) is 4.74 Å². The summed E-state index contributed by atoms with van der Waals surface area (Å²) in [5.74, 6) is 0.417. The van der Waals surface area contributed by atoms with Crippen LogP contribution in [0.2, 0.25) is 0 Å². The van der Waals surface area contributed by atoms with Gasteiger partial charge in [0.1, 0.15) is 6.33 Å². The van der Waals surface area contributed by atoms with Crippen molar-refractivity contribution in [1.82, 2.24) is 19.5 Å². The molecule has 2 aromatic heterocycles. The van der Waals surface area contributed by atoms with Crippen LogP contribution in [0.4, 0.5) is 19.0 Å². The van der Waals surface area contributed by atoms with E-state index in [2.05, 4.69) is 15.0 Å². The third-order valence-electron chi connectivity index (χ3n) is 4.16. The summed E-state index contributed by atoms with van der Waals surface area (Å²) in [6.45, 7) is 2.53. The van der Waals surface area contributed by atoms with Gasteiger partial charge < -0.3 is 14.2 Å². The zero-order valence-corrected chi connectivity index (χ0v) is 12.3. The molecule has 0 N–H and O–H groups in total. The number of fused-ring (bicyclic) bond motifs is 1. The van der Waals surface area contributed by atoms with Gasteiger partial charge in [-0.05, 0) is 6.92 Å². The summed E-state index contributed by atoms with van der Waals surface area (Å²) >= 11 is 0. The Hall–Kier alpha value is -1.90. The van der Waals surface area contributed by atoms with Gasteiger partial charge in [0.25, 0.3) is 0 Å². The molecule has 0 aromatic carbocycles. The van der Waals surface area contributed by atoms with Crippen LogP contribution in [0.3, 0.4) is 0 Å². The fourth-order valence-electron chi connectivity index (χ4n) is 2.81. The molecule has 1 aliphatic rings. The van der Waals surface area contributed by atoms with Crippen molar-refractivity contribution in [3.8, 4) is 0 Å².